The van der Waals surface area contributed by atoms with Crippen molar-refractivity contribution in [1.82, 2.24) is 0 Å². The van der Waals surface area contributed by atoms with Gasteiger partial charge < -0.3 is 0 Å². The second kappa shape index (κ2) is 12.1. The third-order valence-corrected chi connectivity index (χ3v) is 19.5. The van der Waals surface area contributed by atoms with Crippen molar-refractivity contribution in [2.45, 2.75) is 47.3 Å². The Hall–Kier alpha value is 6.63. The molecule has 0 aromatic carbocycles. The van der Waals surface area contributed by atoms with Gasteiger partial charge in [0.1, 0.15) is 0 Å². The van der Waals surface area contributed by atoms with E-state index in [-0.39, 0.29) is 0 Å². The molecule has 0 aliphatic rings. The molecule has 0 rings (SSSR count). The molecular formula is C11Cl23O. The molecule has 0 unspecified atom stereocenters. The van der Waals surface area contributed by atoms with Crippen LogP contribution in [0.1, 0.15) is 0 Å². The molecule has 0 saturated carbocycles. The van der Waals surface area contributed by atoms with E-state index in [0.717, 1.165) is 0 Å². The fourth-order valence-electron chi connectivity index (χ4n) is 1.74. The average Bonchev–Trinajstić information content (AvgIpc) is 2.58. The van der Waals surface area contributed by atoms with Gasteiger partial charge in [-0.25, -0.2) is 0 Å². The lowest BCUT2D eigenvalue weighted by atomic mass is 10.00. The van der Waals surface area contributed by atoms with Gasteiger partial charge in [-0.1, -0.05) is 267 Å². The molecule has 35 heavy (non-hydrogen) atoms. The zero-order valence-electron chi connectivity index (χ0n) is 14.6. The zero-order valence-corrected chi connectivity index (χ0v) is 32.0. The Balaban J connectivity index is 7.15. The smallest absolute Gasteiger partial charge is 0.190 e. The Kier molecular flexibility index (Phi) is 14.4. The van der Waals surface area contributed by atoms with Crippen molar-refractivity contribution in [1.29, 1.82) is 0 Å². The highest BCUT2D eigenvalue weighted by Gasteiger charge is 2.84. The highest BCUT2D eigenvalue weighted by atomic mass is 35.6. The standard InChI is InChI=1S/C11Cl23O/c12-1(13,2(14,15)4(18,19)6(22,23)8(26,27)10(30,31)32)3(16,17)5(20,21)7(24,25)9(28,29)11(33,34)35. The summed E-state index contributed by atoms with van der Waals surface area (Å²) in [5, 5.41) is 12.1. The van der Waals surface area contributed by atoms with E-state index in [1.165, 1.54) is 0 Å². The Morgan fingerprint density at radius 1 is 0.229 bits per heavy atom. The summed E-state index contributed by atoms with van der Waals surface area (Å²) >= 11 is 139. The van der Waals surface area contributed by atoms with E-state index in [2.05, 4.69) is 0 Å². The number of halogens is 23. The van der Waals surface area contributed by atoms with Crippen molar-refractivity contribution >= 4 is 267 Å². The predicted octanol–water partition coefficient (Wildman–Crippen LogP) is 13.5. The van der Waals surface area contributed by atoms with Gasteiger partial charge >= 0.3 is 0 Å². The van der Waals surface area contributed by atoms with E-state index in [4.69, 9.17) is 267 Å². The lowest BCUT2D eigenvalue weighted by Crippen LogP contribution is -2.73. The van der Waals surface area contributed by atoms with Gasteiger partial charge in [-0.2, -0.15) is 5.11 Å². The van der Waals surface area contributed by atoms with Crippen LogP contribution in [0.2, 0.25) is 0 Å². The molecule has 0 aromatic rings. The molecule has 0 aliphatic heterocycles. The highest BCUT2D eigenvalue weighted by Crippen LogP contribution is 2.75. The summed E-state index contributed by atoms with van der Waals surface area (Å²) in [5.74, 6) is 0. The van der Waals surface area contributed by atoms with Crippen LogP contribution in [0.3, 0.4) is 0 Å². The molecule has 0 bridgehead atoms. The van der Waals surface area contributed by atoms with E-state index in [0.29, 0.717) is 0 Å². The predicted molar refractivity (Wildman–Crippen MR) is 165 cm³/mol. The normalized spacial score (nSPS) is 17.1. The summed E-state index contributed by atoms with van der Waals surface area (Å²) in [6.45, 7) is 0. The fraction of sp³-hybridized carbons (Fsp3) is 1.00. The SMILES string of the molecule is [O]C(Cl)(Cl)C(Cl)(Cl)C(Cl)(Cl)C(Cl)(Cl)C(Cl)(Cl)C(Cl)(Cl)C(Cl)(Cl)C(Cl)(Cl)C(Cl)(Cl)C(Cl)(Cl)C(Cl)(Cl)Cl. The second-order valence-corrected chi connectivity index (χ2v) is 21.7. The third kappa shape index (κ3) is 6.49. The van der Waals surface area contributed by atoms with Gasteiger partial charge in [-0.15, -0.1) is 0 Å². The van der Waals surface area contributed by atoms with E-state index in [9.17, 15) is 5.11 Å². The number of alkyl halides is 23. The van der Waals surface area contributed by atoms with Crippen molar-refractivity contribution < 1.29 is 5.11 Å². The molecule has 0 N–H and O–H groups in total. The molecule has 0 spiro atoms. The van der Waals surface area contributed by atoms with Gasteiger partial charge in [0, 0.05) is 0 Å². The van der Waals surface area contributed by atoms with Crippen LogP contribution in [0, 0.1) is 0 Å². The number of hydrogen-bond acceptors (Lipinski definition) is 0. The molecule has 0 saturated heterocycles. The van der Waals surface area contributed by atoms with Gasteiger partial charge in [-0.3, -0.25) is 0 Å². The molecule has 0 aromatic heterocycles. The van der Waals surface area contributed by atoms with Gasteiger partial charge in [-0.05, 0) is 0 Å². The average molecular weight is 964 g/mol. The molecule has 24 heteroatoms. The van der Waals surface area contributed by atoms with Gasteiger partial charge in [0.25, 0.3) is 4.52 Å². The summed E-state index contributed by atoms with van der Waals surface area (Å²) in [5.41, 5.74) is 0. The van der Waals surface area contributed by atoms with Crippen LogP contribution < -0.4 is 0 Å². The van der Waals surface area contributed by atoms with Crippen LogP contribution in [0.5, 0.6) is 0 Å². The van der Waals surface area contributed by atoms with Crippen molar-refractivity contribution in [3.05, 3.63) is 0 Å². The zero-order chi connectivity index (χ0) is 29.5. The largest absolute Gasteiger partial charge is 0.286 e. The Morgan fingerprint density at radius 3 is 0.514 bits per heavy atom. The van der Waals surface area contributed by atoms with Gasteiger partial charge in [0.2, 0.25) is 12.5 Å². The van der Waals surface area contributed by atoms with Crippen molar-refractivity contribution in [2.75, 3.05) is 0 Å². The maximum absolute atomic E-state index is 12.1. The Labute approximate surface area is 314 Å². The first-order chi connectivity index (χ1) is 14.5. The molecule has 211 valence electrons. The van der Waals surface area contributed by atoms with Crippen LogP contribution in [-0.2, 0) is 5.11 Å². The van der Waals surface area contributed by atoms with Crippen molar-refractivity contribution in [3.63, 3.8) is 0 Å². The topological polar surface area (TPSA) is 19.9 Å². The lowest BCUT2D eigenvalue weighted by Gasteiger charge is -2.56. The van der Waals surface area contributed by atoms with Crippen LogP contribution in [0.4, 0.5) is 0 Å². The summed E-state index contributed by atoms with van der Waals surface area (Å²) in [4.78, 5) is 0. The molecule has 0 aliphatic carbocycles. The molecule has 1 nitrogen and oxygen atoms in total. The summed E-state index contributed by atoms with van der Waals surface area (Å²) in [6.07, 6.45) is 0. The number of hydrogen-bond donors (Lipinski definition) is 0. The van der Waals surface area contributed by atoms with Crippen LogP contribution in [-0.4, -0.2) is 47.3 Å². The highest BCUT2D eigenvalue weighted by molar-refractivity contribution is 6.84. The van der Waals surface area contributed by atoms with Crippen LogP contribution >= 0.6 is 267 Å². The molecule has 0 fully saturated rings. The van der Waals surface area contributed by atoms with E-state index < -0.39 is 47.3 Å². The first-order valence-corrected chi connectivity index (χ1v) is 15.7. The Bertz CT molecular complexity index is 716. The van der Waals surface area contributed by atoms with Crippen LogP contribution in [0.15, 0.2) is 0 Å². The number of rotatable bonds is 9. The Morgan fingerprint density at radius 2 is 0.371 bits per heavy atom. The van der Waals surface area contributed by atoms with E-state index >= 15 is 0 Å². The third-order valence-electron chi connectivity index (χ3n) is 3.88. The van der Waals surface area contributed by atoms with Crippen LogP contribution in [0.25, 0.3) is 0 Å². The summed E-state index contributed by atoms with van der Waals surface area (Å²) in [7, 11) is 0. The monoisotopic (exact) mass is 952 g/mol. The molecule has 0 heterocycles. The van der Waals surface area contributed by atoms with Crippen molar-refractivity contribution in [3.8, 4) is 0 Å². The quantitative estimate of drug-likeness (QED) is 0.205. The minimum atomic E-state index is -3.44. The summed E-state index contributed by atoms with van der Waals surface area (Å²) in [6, 6.07) is 0. The molecule has 1 radical (unpaired) electrons. The second-order valence-electron chi connectivity index (χ2n) is 6.18. The maximum atomic E-state index is 12.1. The molecule has 0 atom stereocenters. The fourth-order valence-corrected chi connectivity index (χ4v) is 8.81. The van der Waals surface area contributed by atoms with E-state index in [1.807, 2.05) is 0 Å². The molecular weight excluding hydrogens is 964 g/mol. The first-order valence-electron chi connectivity index (χ1n) is 7.05. The first kappa shape index (κ1) is 41.6. The lowest BCUT2D eigenvalue weighted by molar-refractivity contribution is 0.0980. The van der Waals surface area contributed by atoms with E-state index in [1.54, 1.807) is 0 Å². The summed E-state index contributed by atoms with van der Waals surface area (Å²) < 4.78 is -35.4. The molecule has 0 amide bonds. The maximum Gasteiger partial charge on any atom is 0.286 e. The minimum Gasteiger partial charge on any atom is -0.190 e. The van der Waals surface area contributed by atoms with Gasteiger partial charge in [0.15, 0.2) is 30.3 Å². The van der Waals surface area contributed by atoms with Crippen molar-refractivity contribution in [2.24, 2.45) is 0 Å². The van der Waals surface area contributed by atoms with Gasteiger partial charge in [0.05, 0.1) is 0 Å². The minimum absolute atomic E-state index is 2.74.